The van der Waals surface area contributed by atoms with Gasteiger partial charge in [0.2, 0.25) is 0 Å². The molecule has 0 radical (unpaired) electrons. The molecule has 0 saturated heterocycles. The number of hydrogen-bond donors (Lipinski definition) is 0. The standard InChI is InChI=1S/C24H25NO3/c1-14-6-8-16(9-7-14)22(26)19-11-17-10-18-15(2)13-24(3,4)25(5)20(18)12-21(17)28-23(19)27/h6-12,15H,13H2,1-5H3. The van der Waals surface area contributed by atoms with Crippen LogP contribution in [0.15, 0.2) is 51.7 Å². The van der Waals surface area contributed by atoms with Crippen molar-refractivity contribution in [3.63, 3.8) is 0 Å². The predicted molar refractivity (Wildman–Crippen MR) is 113 cm³/mol. The summed E-state index contributed by atoms with van der Waals surface area (Å²) >= 11 is 0. The molecule has 0 fully saturated rings. The molecule has 1 atom stereocenters. The minimum atomic E-state index is -0.594. The first-order valence-corrected chi connectivity index (χ1v) is 9.64. The molecule has 1 unspecified atom stereocenters. The zero-order valence-electron chi connectivity index (χ0n) is 17.0. The molecule has 0 spiro atoms. The lowest BCUT2D eigenvalue weighted by Crippen LogP contribution is -2.45. The quantitative estimate of drug-likeness (QED) is 0.464. The summed E-state index contributed by atoms with van der Waals surface area (Å²) in [6.45, 7) is 8.62. The molecule has 3 aromatic rings. The molecule has 0 saturated carbocycles. The average molecular weight is 375 g/mol. The van der Waals surface area contributed by atoms with Crippen LogP contribution >= 0.6 is 0 Å². The van der Waals surface area contributed by atoms with Crippen molar-refractivity contribution in [3.05, 3.63) is 75.1 Å². The van der Waals surface area contributed by atoms with Gasteiger partial charge in [-0.1, -0.05) is 36.8 Å². The van der Waals surface area contributed by atoms with E-state index in [0.717, 1.165) is 23.1 Å². The second kappa shape index (κ2) is 6.33. The Morgan fingerprint density at radius 1 is 1.14 bits per heavy atom. The Bertz CT molecular complexity index is 1140. The van der Waals surface area contributed by atoms with Crippen molar-refractivity contribution < 1.29 is 9.21 Å². The van der Waals surface area contributed by atoms with E-state index in [2.05, 4.69) is 38.8 Å². The molecule has 2 aromatic carbocycles. The van der Waals surface area contributed by atoms with Gasteiger partial charge in [0.05, 0.1) is 0 Å². The Morgan fingerprint density at radius 3 is 2.50 bits per heavy atom. The molecule has 1 aliphatic heterocycles. The summed E-state index contributed by atoms with van der Waals surface area (Å²) in [4.78, 5) is 27.6. The highest BCUT2D eigenvalue weighted by atomic mass is 16.4. The van der Waals surface area contributed by atoms with E-state index in [4.69, 9.17) is 4.42 Å². The van der Waals surface area contributed by atoms with Crippen LogP contribution in [0.3, 0.4) is 0 Å². The molecule has 1 aliphatic rings. The van der Waals surface area contributed by atoms with Crippen LogP contribution in [0.1, 0.15) is 60.2 Å². The first-order valence-electron chi connectivity index (χ1n) is 9.64. The van der Waals surface area contributed by atoms with Gasteiger partial charge in [0.25, 0.3) is 0 Å². The van der Waals surface area contributed by atoms with E-state index in [0.29, 0.717) is 17.1 Å². The third-order valence-electron chi connectivity index (χ3n) is 6.05. The van der Waals surface area contributed by atoms with Crippen LogP contribution in [0.2, 0.25) is 0 Å². The van der Waals surface area contributed by atoms with Gasteiger partial charge in [0, 0.05) is 35.3 Å². The average Bonchev–Trinajstić information content (AvgIpc) is 2.64. The number of aryl methyl sites for hydroxylation is 1. The number of benzene rings is 2. The molecule has 4 rings (SSSR count). The number of carbonyl (C=O) groups excluding carboxylic acids is 1. The van der Waals surface area contributed by atoms with Crippen LogP contribution in [-0.2, 0) is 0 Å². The van der Waals surface area contributed by atoms with E-state index >= 15 is 0 Å². The Morgan fingerprint density at radius 2 is 1.82 bits per heavy atom. The number of anilines is 1. The highest BCUT2D eigenvalue weighted by Gasteiger charge is 2.34. The van der Waals surface area contributed by atoms with Crippen molar-refractivity contribution in [2.24, 2.45) is 0 Å². The van der Waals surface area contributed by atoms with Crippen LogP contribution in [-0.4, -0.2) is 18.4 Å². The number of ketones is 1. The smallest absolute Gasteiger partial charge is 0.347 e. The number of carbonyl (C=O) groups is 1. The molecular weight excluding hydrogens is 350 g/mol. The van der Waals surface area contributed by atoms with Gasteiger partial charge in [-0.05, 0) is 50.8 Å². The highest BCUT2D eigenvalue weighted by Crippen LogP contribution is 2.43. The second-order valence-corrected chi connectivity index (χ2v) is 8.57. The molecular formula is C24H25NO3. The first-order chi connectivity index (χ1) is 13.2. The Hall–Kier alpha value is -2.88. The van der Waals surface area contributed by atoms with Crippen molar-refractivity contribution >= 4 is 22.4 Å². The Labute approximate surface area is 164 Å². The summed E-state index contributed by atoms with van der Waals surface area (Å²) < 4.78 is 5.57. The number of fused-ring (bicyclic) bond motifs is 2. The van der Waals surface area contributed by atoms with Gasteiger partial charge >= 0.3 is 5.63 Å². The van der Waals surface area contributed by atoms with Gasteiger partial charge in [-0.3, -0.25) is 4.79 Å². The topological polar surface area (TPSA) is 50.5 Å². The summed E-state index contributed by atoms with van der Waals surface area (Å²) in [5, 5.41) is 0.786. The minimum absolute atomic E-state index is 0.0295. The zero-order valence-corrected chi connectivity index (χ0v) is 17.0. The van der Waals surface area contributed by atoms with E-state index in [1.807, 2.05) is 25.1 Å². The summed E-state index contributed by atoms with van der Waals surface area (Å²) in [5.74, 6) is 0.0773. The van der Waals surface area contributed by atoms with E-state index < -0.39 is 5.63 Å². The maximum atomic E-state index is 12.8. The van der Waals surface area contributed by atoms with Crippen molar-refractivity contribution in [1.29, 1.82) is 0 Å². The van der Waals surface area contributed by atoms with Gasteiger partial charge < -0.3 is 9.32 Å². The van der Waals surface area contributed by atoms with Gasteiger partial charge in [0.1, 0.15) is 11.1 Å². The fourth-order valence-corrected chi connectivity index (χ4v) is 4.20. The fraction of sp³-hybridized carbons (Fsp3) is 0.333. The lowest BCUT2D eigenvalue weighted by Gasteiger charge is -2.45. The van der Waals surface area contributed by atoms with Crippen molar-refractivity contribution in [2.75, 3.05) is 11.9 Å². The predicted octanol–water partition coefficient (Wildman–Crippen LogP) is 5.05. The highest BCUT2D eigenvalue weighted by molar-refractivity contribution is 6.10. The van der Waals surface area contributed by atoms with Crippen molar-refractivity contribution in [1.82, 2.24) is 0 Å². The molecule has 4 heteroatoms. The third kappa shape index (κ3) is 2.93. The van der Waals surface area contributed by atoms with E-state index in [9.17, 15) is 9.59 Å². The lowest BCUT2D eigenvalue weighted by molar-refractivity contribution is 0.103. The fourth-order valence-electron chi connectivity index (χ4n) is 4.20. The lowest BCUT2D eigenvalue weighted by atomic mass is 9.80. The number of hydrogen-bond acceptors (Lipinski definition) is 4. The van der Waals surface area contributed by atoms with Crippen molar-refractivity contribution in [2.45, 2.75) is 45.6 Å². The van der Waals surface area contributed by atoms with Crippen LogP contribution in [0.5, 0.6) is 0 Å². The van der Waals surface area contributed by atoms with Crippen LogP contribution < -0.4 is 10.5 Å². The maximum absolute atomic E-state index is 12.8. The maximum Gasteiger partial charge on any atom is 0.347 e. The largest absolute Gasteiger partial charge is 0.422 e. The Balaban J connectivity index is 1.86. The molecule has 4 nitrogen and oxygen atoms in total. The van der Waals surface area contributed by atoms with E-state index in [1.165, 1.54) is 5.56 Å². The molecule has 2 heterocycles. The van der Waals surface area contributed by atoms with Gasteiger partial charge in [-0.25, -0.2) is 4.79 Å². The van der Waals surface area contributed by atoms with Gasteiger partial charge in [-0.15, -0.1) is 0 Å². The molecule has 28 heavy (non-hydrogen) atoms. The summed E-state index contributed by atoms with van der Waals surface area (Å²) in [6, 6.07) is 12.9. The van der Waals surface area contributed by atoms with E-state index in [1.54, 1.807) is 18.2 Å². The van der Waals surface area contributed by atoms with Gasteiger partial charge in [0.15, 0.2) is 5.78 Å². The molecule has 0 N–H and O–H groups in total. The zero-order chi connectivity index (χ0) is 20.2. The minimum Gasteiger partial charge on any atom is -0.422 e. The molecule has 1 aromatic heterocycles. The first kappa shape index (κ1) is 18.5. The van der Waals surface area contributed by atoms with E-state index in [-0.39, 0.29) is 16.9 Å². The summed E-state index contributed by atoms with van der Waals surface area (Å²) in [7, 11) is 2.07. The van der Waals surface area contributed by atoms with Crippen LogP contribution in [0, 0.1) is 6.92 Å². The third-order valence-corrected chi connectivity index (χ3v) is 6.05. The van der Waals surface area contributed by atoms with Crippen LogP contribution in [0.25, 0.3) is 11.0 Å². The molecule has 0 amide bonds. The summed E-state index contributed by atoms with van der Waals surface area (Å²) in [6.07, 6.45) is 1.04. The SMILES string of the molecule is Cc1ccc(C(=O)c2cc3cc4c(cc3oc2=O)N(C)C(C)(C)CC4C)cc1. The molecule has 0 aliphatic carbocycles. The normalized spacial score (nSPS) is 18.2. The Kier molecular flexibility index (Phi) is 4.18. The second-order valence-electron chi connectivity index (χ2n) is 8.57. The number of nitrogens with zero attached hydrogens (tertiary/aromatic N) is 1. The molecule has 144 valence electrons. The van der Waals surface area contributed by atoms with Crippen LogP contribution in [0.4, 0.5) is 5.69 Å². The summed E-state index contributed by atoms with van der Waals surface area (Å²) in [5.41, 5.74) is 3.88. The molecule has 0 bridgehead atoms. The monoisotopic (exact) mass is 375 g/mol. The van der Waals surface area contributed by atoms with Gasteiger partial charge in [-0.2, -0.15) is 0 Å². The van der Waals surface area contributed by atoms with Crippen molar-refractivity contribution in [3.8, 4) is 0 Å². The number of rotatable bonds is 2.